The fourth-order valence-electron chi connectivity index (χ4n) is 2.86. The minimum absolute atomic E-state index is 0.197. The summed E-state index contributed by atoms with van der Waals surface area (Å²) in [4.78, 5) is 3.17. The molecule has 23 heavy (non-hydrogen) atoms. The van der Waals surface area contributed by atoms with E-state index in [9.17, 15) is 13.2 Å². The second-order valence-electron chi connectivity index (χ2n) is 5.45. The molecule has 0 radical (unpaired) electrons. The molecule has 0 amide bonds. The van der Waals surface area contributed by atoms with Crippen molar-refractivity contribution in [2.24, 2.45) is 0 Å². The Morgan fingerprint density at radius 3 is 2.48 bits per heavy atom. The molecule has 0 saturated carbocycles. The summed E-state index contributed by atoms with van der Waals surface area (Å²) in [7, 11) is 0. The summed E-state index contributed by atoms with van der Waals surface area (Å²) in [5.74, 6) is 0. The van der Waals surface area contributed by atoms with Crippen LogP contribution in [0.3, 0.4) is 0 Å². The van der Waals surface area contributed by atoms with Crippen molar-refractivity contribution in [1.82, 2.24) is 10.2 Å². The number of alkyl halides is 3. The van der Waals surface area contributed by atoms with Gasteiger partial charge in [0.15, 0.2) is 0 Å². The van der Waals surface area contributed by atoms with Gasteiger partial charge in [-0.15, -0.1) is 11.3 Å². The zero-order chi connectivity index (χ0) is 16.4. The Morgan fingerprint density at radius 1 is 1.13 bits per heavy atom. The van der Waals surface area contributed by atoms with Gasteiger partial charge in [0.25, 0.3) is 0 Å². The van der Waals surface area contributed by atoms with Crippen molar-refractivity contribution in [3.63, 3.8) is 0 Å². The van der Waals surface area contributed by atoms with Crippen LogP contribution in [0.1, 0.15) is 22.0 Å². The SMILES string of the molecule is FC(F)(F)c1cccc(C(c2ccc(Cl)s2)N2CCNCC2)c1. The van der Waals surface area contributed by atoms with Gasteiger partial charge in [0.1, 0.15) is 0 Å². The number of thiophene rings is 1. The van der Waals surface area contributed by atoms with E-state index < -0.39 is 11.7 Å². The molecule has 0 spiro atoms. The first-order valence-electron chi connectivity index (χ1n) is 7.32. The van der Waals surface area contributed by atoms with Crippen LogP contribution in [0, 0.1) is 0 Å². The number of benzene rings is 1. The van der Waals surface area contributed by atoms with Crippen LogP contribution in [0.25, 0.3) is 0 Å². The maximum absolute atomic E-state index is 13.0. The maximum atomic E-state index is 13.0. The number of rotatable bonds is 3. The van der Waals surface area contributed by atoms with Crippen molar-refractivity contribution in [2.75, 3.05) is 26.2 Å². The third kappa shape index (κ3) is 3.88. The first-order valence-corrected chi connectivity index (χ1v) is 8.52. The number of hydrogen-bond donors (Lipinski definition) is 1. The third-order valence-electron chi connectivity index (χ3n) is 3.91. The summed E-state index contributed by atoms with van der Waals surface area (Å²) in [6.07, 6.45) is -4.34. The Kier molecular flexibility index (Phi) is 4.96. The normalized spacial score (nSPS) is 18.1. The average Bonchev–Trinajstić information content (AvgIpc) is 2.94. The zero-order valence-corrected chi connectivity index (χ0v) is 13.8. The van der Waals surface area contributed by atoms with E-state index in [1.54, 1.807) is 12.1 Å². The highest BCUT2D eigenvalue weighted by Crippen LogP contribution is 2.37. The van der Waals surface area contributed by atoms with Crippen molar-refractivity contribution in [2.45, 2.75) is 12.2 Å². The van der Waals surface area contributed by atoms with Crippen molar-refractivity contribution in [3.8, 4) is 0 Å². The summed E-state index contributed by atoms with van der Waals surface area (Å²) in [5.41, 5.74) is 0.0398. The molecule has 3 rings (SSSR count). The number of nitrogens with zero attached hydrogens (tertiary/aromatic N) is 1. The molecule has 0 aliphatic carbocycles. The van der Waals surface area contributed by atoms with Gasteiger partial charge >= 0.3 is 6.18 Å². The van der Waals surface area contributed by atoms with Gasteiger partial charge in [-0.05, 0) is 29.8 Å². The number of piperazine rings is 1. The second-order valence-corrected chi connectivity index (χ2v) is 7.20. The molecule has 0 bridgehead atoms. The van der Waals surface area contributed by atoms with Gasteiger partial charge in [-0.25, -0.2) is 0 Å². The highest BCUT2D eigenvalue weighted by Gasteiger charge is 2.32. The molecule has 1 fully saturated rings. The van der Waals surface area contributed by atoms with Crippen LogP contribution in [0.4, 0.5) is 13.2 Å². The summed E-state index contributed by atoms with van der Waals surface area (Å²) in [5, 5.41) is 3.27. The molecule has 1 N–H and O–H groups in total. The van der Waals surface area contributed by atoms with Crippen molar-refractivity contribution < 1.29 is 13.2 Å². The lowest BCUT2D eigenvalue weighted by molar-refractivity contribution is -0.137. The molecule has 1 aliphatic rings. The van der Waals surface area contributed by atoms with Crippen molar-refractivity contribution in [1.29, 1.82) is 0 Å². The van der Waals surface area contributed by atoms with Gasteiger partial charge in [0.2, 0.25) is 0 Å². The number of hydrogen-bond acceptors (Lipinski definition) is 3. The quantitative estimate of drug-likeness (QED) is 0.872. The van der Waals surface area contributed by atoms with E-state index in [-0.39, 0.29) is 6.04 Å². The van der Waals surface area contributed by atoms with Crippen molar-refractivity contribution in [3.05, 3.63) is 56.7 Å². The van der Waals surface area contributed by atoms with Crippen LogP contribution >= 0.6 is 22.9 Å². The smallest absolute Gasteiger partial charge is 0.314 e. The Hall–Kier alpha value is -1.08. The fourth-order valence-corrected chi connectivity index (χ4v) is 4.08. The average molecular weight is 361 g/mol. The van der Waals surface area contributed by atoms with E-state index in [2.05, 4.69) is 10.2 Å². The molecule has 2 aromatic rings. The summed E-state index contributed by atoms with van der Waals surface area (Å²) < 4.78 is 39.8. The highest BCUT2D eigenvalue weighted by molar-refractivity contribution is 7.16. The Bertz CT molecular complexity index is 665. The van der Waals surface area contributed by atoms with Gasteiger partial charge in [-0.3, -0.25) is 4.90 Å². The van der Waals surface area contributed by atoms with E-state index in [1.807, 2.05) is 6.07 Å². The van der Waals surface area contributed by atoms with Gasteiger partial charge < -0.3 is 5.32 Å². The first-order chi connectivity index (χ1) is 10.9. The van der Waals surface area contributed by atoms with E-state index in [0.29, 0.717) is 9.90 Å². The molecule has 1 aromatic carbocycles. The topological polar surface area (TPSA) is 15.3 Å². The minimum Gasteiger partial charge on any atom is -0.314 e. The Labute approximate surface area is 141 Å². The molecule has 1 atom stereocenters. The van der Waals surface area contributed by atoms with Crippen LogP contribution in [-0.2, 0) is 6.18 Å². The number of nitrogens with one attached hydrogen (secondary N) is 1. The Morgan fingerprint density at radius 2 is 1.87 bits per heavy atom. The molecule has 1 saturated heterocycles. The fraction of sp³-hybridized carbons (Fsp3) is 0.375. The predicted molar refractivity (Wildman–Crippen MR) is 87.1 cm³/mol. The van der Waals surface area contributed by atoms with Crippen LogP contribution < -0.4 is 5.32 Å². The van der Waals surface area contributed by atoms with E-state index in [0.717, 1.165) is 37.1 Å². The van der Waals surface area contributed by atoms with Crippen LogP contribution in [-0.4, -0.2) is 31.1 Å². The van der Waals surface area contributed by atoms with E-state index in [1.165, 1.54) is 23.5 Å². The molecule has 2 heterocycles. The second kappa shape index (κ2) is 6.81. The predicted octanol–water partition coefficient (Wildman–Crippen LogP) is 4.41. The molecule has 2 nitrogen and oxygen atoms in total. The molecule has 1 aromatic heterocycles. The summed E-state index contributed by atoms with van der Waals surface area (Å²) >= 11 is 7.46. The molecule has 124 valence electrons. The minimum atomic E-state index is -4.34. The Balaban J connectivity index is 2.01. The van der Waals surface area contributed by atoms with Gasteiger partial charge in [0, 0.05) is 31.1 Å². The molecular formula is C16H16ClF3N2S. The van der Waals surface area contributed by atoms with Crippen molar-refractivity contribution >= 4 is 22.9 Å². The van der Waals surface area contributed by atoms with Gasteiger partial charge in [-0.1, -0.05) is 23.7 Å². The highest BCUT2D eigenvalue weighted by atomic mass is 35.5. The summed E-state index contributed by atoms with van der Waals surface area (Å²) in [6.45, 7) is 3.23. The largest absolute Gasteiger partial charge is 0.416 e. The van der Waals surface area contributed by atoms with Crippen LogP contribution in [0.5, 0.6) is 0 Å². The van der Waals surface area contributed by atoms with Gasteiger partial charge in [0.05, 0.1) is 15.9 Å². The monoisotopic (exact) mass is 360 g/mol. The molecule has 1 aliphatic heterocycles. The lowest BCUT2D eigenvalue weighted by Crippen LogP contribution is -2.45. The standard InChI is InChI=1S/C16H16ClF3N2S/c17-14-5-4-13(23-14)15(22-8-6-21-7-9-22)11-2-1-3-12(10-11)16(18,19)20/h1-5,10,15,21H,6-9H2. The summed E-state index contributed by atoms with van der Waals surface area (Å²) in [6, 6.07) is 9.10. The molecular weight excluding hydrogens is 345 g/mol. The van der Waals surface area contributed by atoms with E-state index in [4.69, 9.17) is 11.6 Å². The maximum Gasteiger partial charge on any atom is 0.416 e. The molecule has 7 heteroatoms. The van der Waals surface area contributed by atoms with Crippen LogP contribution in [0.2, 0.25) is 4.34 Å². The lowest BCUT2D eigenvalue weighted by Gasteiger charge is -2.35. The number of halogens is 4. The van der Waals surface area contributed by atoms with E-state index >= 15 is 0 Å². The van der Waals surface area contributed by atoms with Gasteiger partial charge in [-0.2, -0.15) is 13.2 Å². The third-order valence-corrected chi connectivity index (χ3v) is 5.19. The van der Waals surface area contributed by atoms with Crippen LogP contribution in [0.15, 0.2) is 36.4 Å². The zero-order valence-electron chi connectivity index (χ0n) is 12.2. The molecule has 1 unspecified atom stereocenters. The first kappa shape index (κ1) is 16.8. The lowest BCUT2D eigenvalue weighted by atomic mass is 10.00.